The molecule has 12 heavy (non-hydrogen) atoms. The molecule has 0 aromatic carbocycles. The molecule has 2 rings (SSSR count). The van der Waals surface area contributed by atoms with Crippen LogP contribution in [0.4, 0.5) is 5.95 Å². The Labute approximate surface area is 69.6 Å². The van der Waals surface area contributed by atoms with E-state index in [1.165, 1.54) is 6.33 Å². The van der Waals surface area contributed by atoms with Crippen LogP contribution >= 0.6 is 0 Å². The van der Waals surface area contributed by atoms with Crippen LogP contribution in [0.1, 0.15) is 13.3 Å². The van der Waals surface area contributed by atoms with Crippen molar-refractivity contribution in [2.45, 2.75) is 13.3 Å². The number of nitrogens with zero attached hydrogens (tertiary/aromatic N) is 2. The highest BCUT2D eigenvalue weighted by Gasteiger charge is 2.39. The van der Waals surface area contributed by atoms with Crippen LogP contribution in [0.5, 0.6) is 0 Å². The molecule has 1 aliphatic rings. The quantitative estimate of drug-likeness (QED) is 0.668. The maximum atomic E-state index is 11.3. The van der Waals surface area contributed by atoms with Gasteiger partial charge in [-0.2, -0.15) is 10.1 Å². The molecule has 2 atom stereocenters. The maximum Gasteiger partial charge on any atom is 0.230 e. The number of aromatic amines is 1. The van der Waals surface area contributed by atoms with Crippen molar-refractivity contribution in [3.05, 3.63) is 6.33 Å². The van der Waals surface area contributed by atoms with Crippen molar-refractivity contribution in [1.82, 2.24) is 15.2 Å². The van der Waals surface area contributed by atoms with E-state index in [1.807, 2.05) is 0 Å². The fourth-order valence-electron chi connectivity index (χ4n) is 1.16. The Hall–Kier alpha value is -1.39. The van der Waals surface area contributed by atoms with Gasteiger partial charge in [0, 0.05) is 5.92 Å². The Morgan fingerprint density at radius 2 is 2.58 bits per heavy atom. The number of amides is 1. The first-order valence-corrected chi connectivity index (χ1v) is 3.93. The van der Waals surface area contributed by atoms with Crippen LogP contribution in [0, 0.1) is 11.8 Å². The minimum absolute atomic E-state index is 0.0410. The lowest BCUT2D eigenvalue weighted by molar-refractivity contribution is -0.117. The van der Waals surface area contributed by atoms with Gasteiger partial charge in [-0.25, -0.2) is 5.10 Å². The van der Waals surface area contributed by atoms with Gasteiger partial charge >= 0.3 is 0 Å². The molecule has 5 heteroatoms. The van der Waals surface area contributed by atoms with Crippen molar-refractivity contribution in [1.29, 1.82) is 0 Å². The molecule has 0 radical (unpaired) electrons. The lowest BCUT2D eigenvalue weighted by Crippen LogP contribution is -2.15. The summed E-state index contributed by atoms with van der Waals surface area (Å²) in [7, 11) is 0. The molecule has 5 nitrogen and oxygen atoms in total. The minimum Gasteiger partial charge on any atom is -0.295 e. The zero-order valence-electron chi connectivity index (χ0n) is 6.74. The monoisotopic (exact) mass is 166 g/mol. The zero-order valence-corrected chi connectivity index (χ0v) is 6.74. The lowest BCUT2D eigenvalue weighted by Gasteiger charge is -1.97. The number of nitrogens with one attached hydrogen (secondary N) is 2. The molecule has 0 aliphatic heterocycles. The van der Waals surface area contributed by atoms with Crippen LogP contribution in [-0.4, -0.2) is 21.1 Å². The zero-order chi connectivity index (χ0) is 8.55. The summed E-state index contributed by atoms with van der Waals surface area (Å²) in [4.78, 5) is 15.1. The van der Waals surface area contributed by atoms with Crippen molar-refractivity contribution >= 4 is 11.9 Å². The summed E-state index contributed by atoms with van der Waals surface area (Å²) in [6.07, 6.45) is 2.35. The molecule has 1 aliphatic carbocycles. The highest BCUT2D eigenvalue weighted by atomic mass is 16.2. The predicted octanol–water partition coefficient (Wildman–Crippen LogP) is 0.399. The fraction of sp³-hybridized carbons (Fsp3) is 0.571. The van der Waals surface area contributed by atoms with E-state index in [2.05, 4.69) is 27.4 Å². The van der Waals surface area contributed by atoms with Crippen LogP contribution in [0.3, 0.4) is 0 Å². The van der Waals surface area contributed by atoms with Gasteiger partial charge in [0.25, 0.3) is 0 Å². The predicted molar refractivity (Wildman–Crippen MR) is 42.3 cm³/mol. The molecule has 1 fully saturated rings. The summed E-state index contributed by atoms with van der Waals surface area (Å²) in [5, 5.41) is 8.84. The second kappa shape index (κ2) is 2.58. The third-order valence-electron chi connectivity index (χ3n) is 2.10. The third kappa shape index (κ3) is 1.30. The van der Waals surface area contributed by atoms with Crippen molar-refractivity contribution < 1.29 is 4.79 Å². The third-order valence-corrected chi connectivity index (χ3v) is 2.10. The van der Waals surface area contributed by atoms with Crippen molar-refractivity contribution in [3.63, 3.8) is 0 Å². The molecule has 1 saturated carbocycles. The Balaban J connectivity index is 1.92. The van der Waals surface area contributed by atoms with Crippen LogP contribution in [-0.2, 0) is 4.79 Å². The normalized spacial score (nSPS) is 26.8. The SMILES string of the molecule is CC1CC1C(=O)Nc1ncn[nH]1. The summed E-state index contributed by atoms with van der Waals surface area (Å²) < 4.78 is 0. The molecular weight excluding hydrogens is 156 g/mol. The Morgan fingerprint density at radius 3 is 3.08 bits per heavy atom. The first-order valence-electron chi connectivity index (χ1n) is 3.93. The van der Waals surface area contributed by atoms with E-state index in [1.54, 1.807) is 0 Å². The van der Waals surface area contributed by atoms with Gasteiger partial charge in [-0.3, -0.25) is 10.1 Å². The molecule has 0 saturated heterocycles. The maximum absolute atomic E-state index is 11.3. The van der Waals surface area contributed by atoms with Crippen LogP contribution in [0.25, 0.3) is 0 Å². The summed E-state index contributed by atoms with van der Waals surface area (Å²) in [5.41, 5.74) is 0. The summed E-state index contributed by atoms with van der Waals surface area (Å²) >= 11 is 0. The number of anilines is 1. The number of H-pyrrole nitrogens is 1. The second-order valence-corrected chi connectivity index (χ2v) is 3.14. The molecule has 0 bridgehead atoms. The molecule has 2 unspecified atom stereocenters. The number of carbonyl (C=O) groups is 1. The van der Waals surface area contributed by atoms with Gasteiger partial charge in [0.15, 0.2) is 0 Å². The van der Waals surface area contributed by atoms with E-state index in [-0.39, 0.29) is 11.8 Å². The smallest absolute Gasteiger partial charge is 0.230 e. The molecular formula is C7H10N4O. The van der Waals surface area contributed by atoms with E-state index < -0.39 is 0 Å². The van der Waals surface area contributed by atoms with Crippen molar-refractivity contribution in [3.8, 4) is 0 Å². The van der Waals surface area contributed by atoms with Crippen LogP contribution in [0.15, 0.2) is 6.33 Å². The first-order chi connectivity index (χ1) is 5.77. The molecule has 1 heterocycles. The average molecular weight is 166 g/mol. The number of rotatable bonds is 2. The number of hydrogen-bond acceptors (Lipinski definition) is 3. The van der Waals surface area contributed by atoms with Gasteiger partial charge in [-0.1, -0.05) is 6.92 Å². The molecule has 64 valence electrons. The standard InChI is InChI=1S/C7H10N4O/c1-4-2-5(4)6(12)10-7-8-3-9-11-7/h3-5H,2H2,1H3,(H2,8,9,10,11,12). The number of hydrogen-bond donors (Lipinski definition) is 2. The highest BCUT2D eigenvalue weighted by molar-refractivity contribution is 5.92. The van der Waals surface area contributed by atoms with E-state index in [0.29, 0.717) is 11.9 Å². The molecule has 2 N–H and O–H groups in total. The van der Waals surface area contributed by atoms with Crippen LogP contribution < -0.4 is 5.32 Å². The Bertz CT molecular complexity index is 282. The molecule has 1 amide bonds. The summed E-state index contributed by atoms with van der Waals surface area (Å²) in [6.45, 7) is 2.06. The molecule has 1 aromatic rings. The van der Waals surface area contributed by atoms with Crippen molar-refractivity contribution in [2.24, 2.45) is 11.8 Å². The van der Waals surface area contributed by atoms with Gasteiger partial charge < -0.3 is 0 Å². The molecule has 0 spiro atoms. The minimum atomic E-state index is 0.0410. The highest BCUT2D eigenvalue weighted by Crippen LogP contribution is 2.38. The average Bonchev–Trinajstić information content (AvgIpc) is 2.58. The molecule has 1 aromatic heterocycles. The number of aromatic nitrogens is 3. The van der Waals surface area contributed by atoms with Crippen LogP contribution in [0.2, 0.25) is 0 Å². The van der Waals surface area contributed by atoms with Gasteiger partial charge in [0.2, 0.25) is 11.9 Å². The van der Waals surface area contributed by atoms with E-state index in [4.69, 9.17) is 0 Å². The topological polar surface area (TPSA) is 70.7 Å². The van der Waals surface area contributed by atoms with E-state index >= 15 is 0 Å². The van der Waals surface area contributed by atoms with Gasteiger partial charge in [-0.15, -0.1) is 0 Å². The van der Waals surface area contributed by atoms with Gasteiger partial charge in [0.1, 0.15) is 6.33 Å². The Kier molecular flexibility index (Phi) is 1.56. The summed E-state index contributed by atoms with van der Waals surface area (Å²) in [6, 6.07) is 0. The van der Waals surface area contributed by atoms with Gasteiger partial charge in [0.05, 0.1) is 0 Å². The lowest BCUT2D eigenvalue weighted by atomic mass is 10.3. The van der Waals surface area contributed by atoms with Crippen molar-refractivity contribution in [2.75, 3.05) is 5.32 Å². The Morgan fingerprint density at radius 1 is 1.83 bits per heavy atom. The summed E-state index contributed by atoms with van der Waals surface area (Å²) in [5.74, 6) is 1.17. The largest absolute Gasteiger partial charge is 0.295 e. The first kappa shape index (κ1) is 7.27. The van der Waals surface area contributed by atoms with E-state index in [9.17, 15) is 4.79 Å². The van der Waals surface area contributed by atoms with E-state index in [0.717, 1.165) is 6.42 Å². The number of carbonyl (C=O) groups excluding carboxylic acids is 1. The van der Waals surface area contributed by atoms with Gasteiger partial charge in [-0.05, 0) is 12.3 Å². The second-order valence-electron chi connectivity index (χ2n) is 3.14. The fourth-order valence-corrected chi connectivity index (χ4v) is 1.16.